The molecule has 0 saturated carbocycles. The number of nitro groups is 1. The number of aryl methyl sites for hydroxylation is 2. The minimum absolute atomic E-state index is 0.130. The molecular formula is C14H10BrNO2. The summed E-state index contributed by atoms with van der Waals surface area (Å²) in [6.45, 7) is 0. The lowest BCUT2D eigenvalue weighted by molar-refractivity contribution is -0.385. The number of nitrogens with zero attached hydrogens (tertiary/aromatic N) is 1. The van der Waals surface area contributed by atoms with Gasteiger partial charge in [-0.15, -0.1) is 0 Å². The van der Waals surface area contributed by atoms with Gasteiger partial charge < -0.3 is 0 Å². The van der Waals surface area contributed by atoms with Crippen molar-refractivity contribution in [3.05, 3.63) is 62.1 Å². The van der Waals surface area contributed by atoms with Crippen molar-refractivity contribution in [2.45, 2.75) is 12.8 Å². The van der Waals surface area contributed by atoms with Crippen LogP contribution >= 0.6 is 15.9 Å². The van der Waals surface area contributed by atoms with Gasteiger partial charge in [0.25, 0.3) is 5.69 Å². The third-order valence-electron chi connectivity index (χ3n) is 3.34. The molecule has 0 atom stereocenters. The molecule has 0 spiro atoms. The number of hydrogen-bond acceptors (Lipinski definition) is 2. The number of rotatable bonds is 1. The van der Waals surface area contributed by atoms with Gasteiger partial charge in [-0.2, -0.15) is 0 Å². The Bertz CT molecular complexity index is 652. The highest BCUT2D eigenvalue weighted by Gasteiger charge is 2.21. The van der Waals surface area contributed by atoms with Gasteiger partial charge in [0.05, 0.1) is 9.40 Å². The SMILES string of the molecule is O=[N+]([O-])c1cc2c(cc1Br)CCc1ccccc1-2. The second kappa shape index (κ2) is 4.21. The lowest BCUT2D eigenvalue weighted by Crippen LogP contribution is -2.04. The molecule has 0 N–H and O–H groups in total. The first-order chi connectivity index (χ1) is 8.66. The van der Waals surface area contributed by atoms with E-state index in [1.165, 1.54) is 11.1 Å². The molecule has 0 unspecified atom stereocenters. The number of nitro benzene ring substituents is 1. The average Bonchev–Trinajstić information content (AvgIpc) is 2.37. The molecule has 1 aliphatic rings. The molecule has 0 aromatic heterocycles. The third kappa shape index (κ3) is 1.73. The van der Waals surface area contributed by atoms with Crippen molar-refractivity contribution in [1.29, 1.82) is 0 Å². The van der Waals surface area contributed by atoms with Gasteiger partial charge in [-0.1, -0.05) is 24.3 Å². The second-order valence-corrected chi connectivity index (χ2v) is 5.23. The quantitative estimate of drug-likeness (QED) is 0.587. The van der Waals surface area contributed by atoms with Gasteiger partial charge in [0, 0.05) is 6.07 Å². The Balaban J connectivity index is 2.26. The molecule has 0 aliphatic heterocycles. The summed E-state index contributed by atoms with van der Waals surface area (Å²) < 4.78 is 0.561. The van der Waals surface area contributed by atoms with Crippen LogP contribution in [-0.2, 0) is 12.8 Å². The maximum atomic E-state index is 11.0. The van der Waals surface area contributed by atoms with E-state index >= 15 is 0 Å². The fourth-order valence-corrected chi connectivity index (χ4v) is 3.01. The molecule has 2 aromatic carbocycles. The standard InChI is InChI=1S/C14H10BrNO2/c15-13-7-10-6-5-9-3-1-2-4-11(9)12(10)8-14(13)16(17)18/h1-4,7-8H,5-6H2. The van der Waals surface area contributed by atoms with Gasteiger partial charge in [0.1, 0.15) is 0 Å². The molecule has 4 heteroatoms. The van der Waals surface area contributed by atoms with Gasteiger partial charge in [-0.05, 0) is 57.1 Å². The molecule has 3 rings (SSSR count). The molecule has 0 fully saturated rings. The number of hydrogen-bond donors (Lipinski definition) is 0. The summed E-state index contributed by atoms with van der Waals surface area (Å²) in [4.78, 5) is 10.6. The van der Waals surface area contributed by atoms with E-state index in [0.717, 1.165) is 24.0 Å². The average molecular weight is 304 g/mol. The normalized spacial score (nSPS) is 12.7. The zero-order chi connectivity index (χ0) is 12.7. The maximum Gasteiger partial charge on any atom is 0.284 e. The highest BCUT2D eigenvalue weighted by Crippen LogP contribution is 2.38. The number of halogens is 1. The summed E-state index contributed by atoms with van der Waals surface area (Å²) in [7, 11) is 0. The van der Waals surface area contributed by atoms with Crippen LogP contribution in [-0.4, -0.2) is 4.92 Å². The largest absolute Gasteiger partial charge is 0.284 e. The van der Waals surface area contributed by atoms with Gasteiger partial charge >= 0.3 is 0 Å². The Morgan fingerprint density at radius 3 is 2.56 bits per heavy atom. The van der Waals surface area contributed by atoms with Crippen molar-refractivity contribution < 1.29 is 4.92 Å². The molecule has 18 heavy (non-hydrogen) atoms. The highest BCUT2D eigenvalue weighted by atomic mass is 79.9. The van der Waals surface area contributed by atoms with E-state index in [9.17, 15) is 10.1 Å². The molecule has 0 heterocycles. The fourth-order valence-electron chi connectivity index (χ4n) is 2.47. The lowest BCUT2D eigenvalue weighted by atomic mass is 9.85. The Morgan fingerprint density at radius 1 is 1.06 bits per heavy atom. The van der Waals surface area contributed by atoms with Crippen LogP contribution in [0.1, 0.15) is 11.1 Å². The zero-order valence-corrected chi connectivity index (χ0v) is 11.1. The van der Waals surface area contributed by atoms with E-state index in [4.69, 9.17) is 0 Å². The summed E-state index contributed by atoms with van der Waals surface area (Å²) in [6.07, 6.45) is 1.93. The van der Waals surface area contributed by atoms with Crippen LogP contribution in [0.3, 0.4) is 0 Å². The molecule has 0 saturated heterocycles. The fraction of sp³-hybridized carbons (Fsp3) is 0.143. The van der Waals surface area contributed by atoms with Crippen LogP contribution in [0.4, 0.5) is 5.69 Å². The van der Waals surface area contributed by atoms with Gasteiger partial charge in [-0.3, -0.25) is 10.1 Å². The van der Waals surface area contributed by atoms with Crippen LogP contribution < -0.4 is 0 Å². The Labute approximate surface area is 113 Å². The summed E-state index contributed by atoms with van der Waals surface area (Å²) in [5.41, 5.74) is 4.68. The van der Waals surface area contributed by atoms with Crippen LogP contribution in [0.2, 0.25) is 0 Å². The topological polar surface area (TPSA) is 43.1 Å². The van der Waals surface area contributed by atoms with Gasteiger partial charge in [0.15, 0.2) is 0 Å². The molecule has 0 amide bonds. The van der Waals surface area contributed by atoms with Crippen molar-refractivity contribution in [3.8, 4) is 11.1 Å². The molecule has 0 radical (unpaired) electrons. The summed E-state index contributed by atoms with van der Waals surface area (Å²) >= 11 is 3.27. The van der Waals surface area contributed by atoms with E-state index in [-0.39, 0.29) is 10.6 Å². The highest BCUT2D eigenvalue weighted by molar-refractivity contribution is 9.10. The predicted molar refractivity (Wildman–Crippen MR) is 73.6 cm³/mol. The van der Waals surface area contributed by atoms with Gasteiger partial charge in [0.2, 0.25) is 0 Å². The second-order valence-electron chi connectivity index (χ2n) is 4.38. The van der Waals surface area contributed by atoms with E-state index in [0.29, 0.717) is 4.47 Å². The Morgan fingerprint density at radius 2 is 1.78 bits per heavy atom. The summed E-state index contributed by atoms with van der Waals surface area (Å²) in [5.74, 6) is 0. The molecule has 90 valence electrons. The van der Waals surface area contributed by atoms with Crippen molar-refractivity contribution in [2.24, 2.45) is 0 Å². The molecular weight excluding hydrogens is 294 g/mol. The number of fused-ring (bicyclic) bond motifs is 3. The molecule has 2 aromatic rings. The summed E-state index contributed by atoms with van der Waals surface area (Å²) in [5, 5.41) is 11.0. The van der Waals surface area contributed by atoms with Crippen molar-refractivity contribution >= 4 is 21.6 Å². The van der Waals surface area contributed by atoms with E-state index in [1.54, 1.807) is 6.07 Å². The van der Waals surface area contributed by atoms with E-state index in [2.05, 4.69) is 22.0 Å². The Kier molecular flexibility index (Phi) is 2.67. The molecule has 3 nitrogen and oxygen atoms in total. The van der Waals surface area contributed by atoms with Crippen LogP contribution in [0, 0.1) is 10.1 Å². The smallest absolute Gasteiger partial charge is 0.258 e. The van der Waals surface area contributed by atoms with Crippen molar-refractivity contribution in [3.63, 3.8) is 0 Å². The van der Waals surface area contributed by atoms with Crippen molar-refractivity contribution in [1.82, 2.24) is 0 Å². The molecule has 1 aliphatic carbocycles. The van der Waals surface area contributed by atoms with E-state index < -0.39 is 0 Å². The monoisotopic (exact) mass is 303 g/mol. The first-order valence-electron chi connectivity index (χ1n) is 5.72. The predicted octanol–water partition coefficient (Wildman–Crippen LogP) is 4.12. The first-order valence-corrected chi connectivity index (χ1v) is 6.51. The third-order valence-corrected chi connectivity index (χ3v) is 3.98. The maximum absolute atomic E-state index is 11.0. The lowest BCUT2D eigenvalue weighted by Gasteiger charge is -2.19. The minimum Gasteiger partial charge on any atom is -0.258 e. The first kappa shape index (κ1) is 11.4. The molecule has 0 bridgehead atoms. The number of benzene rings is 2. The zero-order valence-electron chi connectivity index (χ0n) is 9.52. The summed E-state index contributed by atoms with van der Waals surface area (Å²) in [6, 6.07) is 11.7. The van der Waals surface area contributed by atoms with Crippen LogP contribution in [0.5, 0.6) is 0 Å². The minimum atomic E-state index is -0.346. The van der Waals surface area contributed by atoms with Crippen LogP contribution in [0.25, 0.3) is 11.1 Å². The van der Waals surface area contributed by atoms with Gasteiger partial charge in [-0.25, -0.2) is 0 Å². The van der Waals surface area contributed by atoms with E-state index in [1.807, 2.05) is 24.3 Å². The van der Waals surface area contributed by atoms with Crippen molar-refractivity contribution in [2.75, 3.05) is 0 Å². The Hall–Kier alpha value is -1.68. The van der Waals surface area contributed by atoms with Crippen LogP contribution in [0.15, 0.2) is 40.9 Å².